The molecule has 3 rings (SSSR count). The number of aromatic amines is 1. The molecule has 2 N–H and O–H groups in total. The van der Waals surface area contributed by atoms with Crippen molar-refractivity contribution < 1.29 is 9.53 Å². The Bertz CT molecular complexity index is 985. The maximum absolute atomic E-state index is 12.3. The Morgan fingerprint density at radius 2 is 1.90 bits per heavy atom. The average Bonchev–Trinajstić information content (AvgIpc) is 3.17. The summed E-state index contributed by atoms with van der Waals surface area (Å²) in [5, 5.41) is 9.62. The van der Waals surface area contributed by atoms with Crippen LogP contribution in [0.5, 0.6) is 0 Å². The monoisotopic (exact) mass is 472 g/mol. The fraction of sp³-hybridized carbons (Fsp3) is 0.286. The first-order valence-electron chi connectivity index (χ1n) is 9.47. The number of ether oxygens (including phenoxy) is 1. The maximum Gasteiger partial charge on any atom is 0.290 e. The van der Waals surface area contributed by atoms with Crippen LogP contribution in [0.25, 0.3) is 22.5 Å². The molecule has 0 aliphatic carbocycles. The zero-order chi connectivity index (χ0) is 20.9. The molecule has 0 radical (unpaired) electrons. The second kappa shape index (κ2) is 9.47. The molecule has 0 atom stereocenters. The van der Waals surface area contributed by atoms with Crippen LogP contribution in [0.2, 0.25) is 25.7 Å². The van der Waals surface area contributed by atoms with E-state index in [1.165, 1.54) is 0 Å². The summed E-state index contributed by atoms with van der Waals surface area (Å²) in [6.45, 7) is 7.68. The van der Waals surface area contributed by atoms with Crippen molar-refractivity contribution in [3.8, 4) is 22.5 Å². The minimum absolute atomic E-state index is 0.164. The van der Waals surface area contributed by atoms with Crippen molar-refractivity contribution in [2.45, 2.75) is 25.7 Å². The van der Waals surface area contributed by atoms with Gasteiger partial charge in [-0.1, -0.05) is 72.0 Å². The van der Waals surface area contributed by atoms with E-state index < -0.39 is 8.07 Å². The lowest BCUT2D eigenvalue weighted by molar-refractivity contribution is 0.0806. The lowest BCUT2D eigenvalue weighted by atomic mass is 10.0. The van der Waals surface area contributed by atoms with Gasteiger partial charge in [-0.15, -0.1) is 0 Å². The summed E-state index contributed by atoms with van der Waals surface area (Å²) in [5.41, 5.74) is 2.96. The molecule has 29 heavy (non-hydrogen) atoms. The van der Waals surface area contributed by atoms with Gasteiger partial charge in [0.25, 0.3) is 5.91 Å². The lowest BCUT2D eigenvalue weighted by Crippen LogP contribution is -2.29. The van der Waals surface area contributed by atoms with Crippen molar-refractivity contribution in [1.82, 2.24) is 20.5 Å². The highest BCUT2D eigenvalue weighted by atomic mass is 79.9. The normalized spacial score (nSPS) is 11.4. The molecule has 0 aliphatic rings. The minimum Gasteiger partial charge on any atom is -0.362 e. The summed E-state index contributed by atoms with van der Waals surface area (Å²) in [6, 6.07) is 17.0. The van der Waals surface area contributed by atoms with Crippen LogP contribution in [0.4, 0.5) is 0 Å². The van der Waals surface area contributed by atoms with Crippen LogP contribution < -0.4 is 5.32 Å². The molecule has 8 heteroatoms. The van der Waals surface area contributed by atoms with Crippen molar-refractivity contribution in [2.75, 3.05) is 13.3 Å². The summed E-state index contributed by atoms with van der Waals surface area (Å²) in [7, 11) is -1.13. The van der Waals surface area contributed by atoms with Crippen LogP contribution in [-0.4, -0.2) is 42.5 Å². The van der Waals surface area contributed by atoms with Gasteiger partial charge < -0.3 is 10.1 Å². The number of nitrogens with zero attached hydrogens (tertiary/aromatic N) is 2. The van der Waals surface area contributed by atoms with Crippen molar-refractivity contribution in [2.24, 2.45) is 0 Å². The summed E-state index contributed by atoms with van der Waals surface area (Å²) in [4.78, 5) is 16.6. The fourth-order valence-electron chi connectivity index (χ4n) is 2.66. The summed E-state index contributed by atoms with van der Waals surface area (Å²) >= 11 is 3.58. The summed E-state index contributed by atoms with van der Waals surface area (Å²) in [5.74, 6) is 0.308. The molecule has 0 fully saturated rings. The van der Waals surface area contributed by atoms with E-state index in [1.807, 2.05) is 48.5 Å². The highest BCUT2D eigenvalue weighted by Crippen LogP contribution is 2.30. The number of H-pyrrole nitrogens is 1. The van der Waals surface area contributed by atoms with Crippen molar-refractivity contribution in [1.29, 1.82) is 0 Å². The van der Waals surface area contributed by atoms with E-state index in [0.717, 1.165) is 27.2 Å². The molecule has 0 saturated carbocycles. The number of hydrogen-bond acceptors (Lipinski definition) is 4. The van der Waals surface area contributed by atoms with Crippen molar-refractivity contribution in [3.05, 3.63) is 58.8 Å². The second-order valence-corrected chi connectivity index (χ2v) is 14.4. The quantitative estimate of drug-likeness (QED) is 0.276. The highest BCUT2D eigenvalue weighted by Gasteiger charge is 2.15. The molecule has 0 spiro atoms. The Hall–Kier alpha value is -2.29. The predicted octanol–water partition coefficient (Wildman–Crippen LogP) is 4.94. The third kappa shape index (κ3) is 6.09. The fourth-order valence-corrected chi connectivity index (χ4v) is 3.93. The Labute approximate surface area is 180 Å². The molecule has 6 nitrogen and oxygen atoms in total. The Morgan fingerprint density at radius 1 is 1.14 bits per heavy atom. The molecule has 0 unspecified atom stereocenters. The van der Waals surface area contributed by atoms with Crippen LogP contribution in [0, 0.1) is 0 Å². The Balaban J connectivity index is 1.63. The van der Waals surface area contributed by atoms with E-state index in [9.17, 15) is 4.79 Å². The third-order valence-electron chi connectivity index (χ3n) is 4.34. The Kier molecular flexibility index (Phi) is 6.99. The number of amides is 1. The second-order valence-electron chi connectivity index (χ2n) is 7.94. The smallest absolute Gasteiger partial charge is 0.290 e. The molecular weight excluding hydrogens is 448 g/mol. The zero-order valence-corrected chi connectivity index (χ0v) is 19.4. The SMILES string of the molecule is C[Si](C)(C)CCOCNC(=O)c1nc(-c2cccc(-c3ccccc3Br)c2)n[nH]1. The zero-order valence-electron chi connectivity index (χ0n) is 16.8. The molecule has 1 heterocycles. The molecule has 1 aromatic heterocycles. The number of aromatic nitrogens is 3. The van der Waals surface area contributed by atoms with Crippen LogP contribution in [-0.2, 0) is 4.74 Å². The van der Waals surface area contributed by atoms with Crippen molar-refractivity contribution in [3.63, 3.8) is 0 Å². The van der Waals surface area contributed by atoms with E-state index >= 15 is 0 Å². The van der Waals surface area contributed by atoms with E-state index in [1.54, 1.807) is 0 Å². The van der Waals surface area contributed by atoms with Gasteiger partial charge in [0.05, 0.1) is 0 Å². The van der Waals surface area contributed by atoms with Gasteiger partial charge in [0.15, 0.2) is 5.82 Å². The van der Waals surface area contributed by atoms with Gasteiger partial charge in [-0.25, -0.2) is 4.98 Å². The van der Waals surface area contributed by atoms with Gasteiger partial charge >= 0.3 is 0 Å². The summed E-state index contributed by atoms with van der Waals surface area (Å²) < 4.78 is 6.52. The molecule has 152 valence electrons. The maximum atomic E-state index is 12.3. The Morgan fingerprint density at radius 3 is 2.66 bits per heavy atom. The van der Waals surface area contributed by atoms with Gasteiger partial charge in [-0.3, -0.25) is 9.89 Å². The number of rotatable bonds is 8. The van der Waals surface area contributed by atoms with E-state index in [4.69, 9.17) is 4.74 Å². The third-order valence-corrected chi connectivity index (χ3v) is 6.73. The topological polar surface area (TPSA) is 79.9 Å². The van der Waals surface area contributed by atoms with Gasteiger partial charge in [0, 0.05) is 24.7 Å². The number of carbonyl (C=O) groups excluding carboxylic acids is 1. The predicted molar refractivity (Wildman–Crippen MR) is 121 cm³/mol. The largest absolute Gasteiger partial charge is 0.362 e. The molecule has 1 amide bonds. The number of halogens is 1. The minimum atomic E-state index is -1.13. The molecular formula is C21H25BrN4O2Si. The standard InChI is InChI=1S/C21H25BrN4O2Si/c1-29(2,3)12-11-28-14-23-21(27)20-24-19(25-26-20)16-8-6-7-15(13-16)17-9-4-5-10-18(17)22/h4-10,13H,11-12,14H2,1-3H3,(H,23,27)(H,24,25,26). The van der Waals surface area contributed by atoms with Crippen LogP contribution >= 0.6 is 15.9 Å². The van der Waals surface area contributed by atoms with Gasteiger partial charge in [0.2, 0.25) is 5.82 Å². The number of hydrogen-bond donors (Lipinski definition) is 2. The number of nitrogens with one attached hydrogen (secondary N) is 2. The van der Waals surface area contributed by atoms with E-state index in [2.05, 4.69) is 56.1 Å². The molecule has 0 aliphatic heterocycles. The van der Waals surface area contributed by atoms with Gasteiger partial charge in [-0.05, 0) is 29.3 Å². The first kappa shape index (κ1) is 21.4. The number of carbonyl (C=O) groups is 1. The molecule has 2 aromatic carbocycles. The highest BCUT2D eigenvalue weighted by molar-refractivity contribution is 9.10. The van der Waals surface area contributed by atoms with E-state index in [0.29, 0.717) is 12.4 Å². The van der Waals surface area contributed by atoms with Gasteiger partial charge in [0.1, 0.15) is 6.73 Å². The van der Waals surface area contributed by atoms with Crippen LogP contribution in [0.1, 0.15) is 10.6 Å². The summed E-state index contributed by atoms with van der Waals surface area (Å²) in [6.07, 6.45) is 0. The van der Waals surface area contributed by atoms with Crippen LogP contribution in [0.15, 0.2) is 53.0 Å². The molecule has 0 bridgehead atoms. The van der Waals surface area contributed by atoms with Gasteiger partial charge in [-0.2, -0.15) is 5.10 Å². The molecule has 0 saturated heterocycles. The molecule has 3 aromatic rings. The lowest BCUT2D eigenvalue weighted by Gasteiger charge is -2.15. The average molecular weight is 473 g/mol. The van der Waals surface area contributed by atoms with E-state index in [-0.39, 0.29) is 18.5 Å². The van der Waals surface area contributed by atoms with Crippen LogP contribution in [0.3, 0.4) is 0 Å². The van der Waals surface area contributed by atoms with Crippen molar-refractivity contribution >= 4 is 29.9 Å². The first-order valence-corrected chi connectivity index (χ1v) is 14.0. The first-order chi connectivity index (χ1) is 13.8. The number of benzene rings is 2.